The number of aryl methyl sites for hydroxylation is 2. The number of sulfonamides is 1. The van der Waals surface area contributed by atoms with Crippen molar-refractivity contribution in [3.05, 3.63) is 95.1 Å². The first-order valence-corrected chi connectivity index (χ1v) is 14.6. The smallest absolute Gasteiger partial charge is 0.264 e. The lowest BCUT2D eigenvalue weighted by Crippen LogP contribution is -2.51. The Labute approximate surface area is 232 Å². The Hall–Kier alpha value is -3.65. The van der Waals surface area contributed by atoms with Gasteiger partial charge in [-0.15, -0.1) is 0 Å². The number of hydrogen-bond acceptors (Lipinski definition) is 4. The van der Waals surface area contributed by atoms with Gasteiger partial charge in [-0.1, -0.05) is 68.4 Å². The van der Waals surface area contributed by atoms with Gasteiger partial charge in [0.2, 0.25) is 11.8 Å². The average Bonchev–Trinajstić information content (AvgIpc) is 2.91. The molecule has 39 heavy (non-hydrogen) atoms. The van der Waals surface area contributed by atoms with E-state index in [9.17, 15) is 18.0 Å². The van der Waals surface area contributed by atoms with Crippen molar-refractivity contribution in [1.82, 2.24) is 10.2 Å². The molecule has 0 heterocycles. The summed E-state index contributed by atoms with van der Waals surface area (Å²) in [5.74, 6) is -0.502. The molecule has 0 saturated heterocycles. The lowest BCUT2D eigenvalue weighted by Gasteiger charge is -2.33. The average molecular weight is 550 g/mol. The van der Waals surface area contributed by atoms with Crippen LogP contribution in [0.1, 0.15) is 43.0 Å². The summed E-state index contributed by atoms with van der Waals surface area (Å²) in [6.07, 6.45) is 0. The van der Waals surface area contributed by atoms with Crippen LogP contribution in [0.4, 0.5) is 5.69 Å². The third kappa shape index (κ3) is 7.26. The highest BCUT2D eigenvalue weighted by Gasteiger charge is 2.33. The first kappa shape index (κ1) is 29.9. The number of amides is 2. The molecule has 0 bridgehead atoms. The van der Waals surface area contributed by atoms with E-state index < -0.39 is 28.5 Å². The second-order valence-electron chi connectivity index (χ2n) is 10.3. The van der Waals surface area contributed by atoms with Gasteiger partial charge in [0.1, 0.15) is 12.6 Å². The first-order valence-electron chi connectivity index (χ1n) is 13.2. The van der Waals surface area contributed by atoms with Gasteiger partial charge in [-0.2, -0.15) is 0 Å². The molecule has 0 spiro atoms. The van der Waals surface area contributed by atoms with Crippen molar-refractivity contribution < 1.29 is 18.0 Å². The maximum absolute atomic E-state index is 14.0. The van der Waals surface area contributed by atoms with E-state index in [0.29, 0.717) is 12.2 Å². The Kier molecular flexibility index (Phi) is 9.92. The molecule has 0 aromatic heterocycles. The zero-order valence-corrected chi connectivity index (χ0v) is 24.5. The van der Waals surface area contributed by atoms with E-state index >= 15 is 0 Å². The number of nitrogens with zero attached hydrogens (tertiary/aromatic N) is 2. The van der Waals surface area contributed by atoms with Crippen LogP contribution in [0.25, 0.3) is 0 Å². The van der Waals surface area contributed by atoms with Crippen LogP contribution in [0.15, 0.2) is 77.7 Å². The minimum absolute atomic E-state index is 0.0897. The number of rotatable bonds is 11. The first-order chi connectivity index (χ1) is 18.4. The molecule has 1 N–H and O–H groups in total. The fourth-order valence-electron chi connectivity index (χ4n) is 4.24. The summed E-state index contributed by atoms with van der Waals surface area (Å²) in [5, 5.41) is 2.91. The van der Waals surface area contributed by atoms with Crippen molar-refractivity contribution in [2.24, 2.45) is 5.92 Å². The van der Waals surface area contributed by atoms with Crippen molar-refractivity contribution >= 4 is 27.5 Å². The Morgan fingerprint density at radius 2 is 1.44 bits per heavy atom. The van der Waals surface area contributed by atoms with Crippen molar-refractivity contribution in [2.45, 2.75) is 59.0 Å². The van der Waals surface area contributed by atoms with Gasteiger partial charge >= 0.3 is 0 Å². The van der Waals surface area contributed by atoms with E-state index in [0.717, 1.165) is 26.6 Å². The molecule has 1 atom stereocenters. The van der Waals surface area contributed by atoms with Crippen molar-refractivity contribution in [3.63, 3.8) is 0 Å². The molecule has 2 amide bonds. The van der Waals surface area contributed by atoms with E-state index in [1.807, 2.05) is 65.0 Å². The Balaban J connectivity index is 2.05. The van der Waals surface area contributed by atoms with Gasteiger partial charge in [0.25, 0.3) is 10.0 Å². The molecule has 8 heteroatoms. The SMILES string of the molecule is Cc1ccccc1CN(C(=O)CN(c1cccc(C)c1C)S(=O)(=O)c1ccccc1)C(C)C(=O)NCC(C)C. The number of benzene rings is 3. The third-order valence-corrected chi connectivity index (χ3v) is 8.68. The summed E-state index contributed by atoms with van der Waals surface area (Å²) in [5.41, 5.74) is 3.97. The largest absolute Gasteiger partial charge is 0.354 e. The summed E-state index contributed by atoms with van der Waals surface area (Å²) in [6.45, 7) is 11.6. The van der Waals surface area contributed by atoms with Gasteiger partial charge in [-0.05, 0) is 74.1 Å². The Bertz CT molecular complexity index is 1400. The molecule has 0 aliphatic carbocycles. The zero-order chi connectivity index (χ0) is 28.7. The summed E-state index contributed by atoms with van der Waals surface area (Å²) in [7, 11) is -4.09. The predicted molar refractivity (Wildman–Crippen MR) is 156 cm³/mol. The van der Waals surface area contributed by atoms with Crippen molar-refractivity contribution in [1.29, 1.82) is 0 Å². The Morgan fingerprint density at radius 3 is 2.08 bits per heavy atom. The van der Waals surface area contributed by atoms with E-state index in [-0.39, 0.29) is 23.3 Å². The number of carbonyl (C=O) groups is 2. The Morgan fingerprint density at radius 1 is 0.821 bits per heavy atom. The minimum atomic E-state index is -4.09. The van der Waals surface area contributed by atoms with Gasteiger partial charge in [0.15, 0.2) is 0 Å². The quantitative estimate of drug-likeness (QED) is 0.365. The highest BCUT2D eigenvalue weighted by atomic mass is 32.2. The summed E-state index contributed by atoms with van der Waals surface area (Å²) >= 11 is 0. The van der Waals surface area contributed by atoms with Crippen LogP contribution in [0.2, 0.25) is 0 Å². The predicted octanol–water partition coefficient (Wildman–Crippen LogP) is 5.00. The van der Waals surface area contributed by atoms with Crippen LogP contribution in [0.5, 0.6) is 0 Å². The van der Waals surface area contributed by atoms with Crippen LogP contribution in [-0.4, -0.2) is 44.3 Å². The van der Waals surface area contributed by atoms with E-state index in [1.54, 1.807) is 37.3 Å². The molecule has 0 aliphatic heterocycles. The summed E-state index contributed by atoms with van der Waals surface area (Å²) in [4.78, 5) is 28.7. The van der Waals surface area contributed by atoms with E-state index in [1.165, 1.54) is 17.0 Å². The van der Waals surface area contributed by atoms with Gasteiger partial charge in [0.05, 0.1) is 10.6 Å². The maximum atomic E-state index is 14.0. The van der Waals surface area contributed by atoms with Crippen LogP contribution < -0.4 is 9.62 Å². The highest BCUT2D eigenvalue weighted by Crippen LogP contribution is 2.29. The minimum Gasteiger partial charge on any atom is -0.354 e. The van der Waals surface area contributed by atoms with Crippen LogP contribution >= 0.6 is 0 Å². The summed E-state index contributed by atoms with van der Waals surface area (Å²) in [6, 6.07) is 20.3. The monoisotopic (exact) mass is 549 g/mol. The third-order valence-electron chi connectivity index (χ3n) is 6.91. The van der Waals surface area contributed by atoms with E-state index in [4.69, 9.17) is 0 Å². The molecule has 0 aliphatic rings. The zero-order valence-electron chi connectivity index (χ0n) is 23.6. The molecule has 0 fully saturated rings. The number of carbonyl (C=O) groups excluding carboxylic acids is 2. The fraction of sp³-hybridized carbons (Fsp3) is 0.355. The molecule has 0 saturated carbocycles. The molecule has 3 rings (SSSR count). The second-order valence-corrected chi connectivity index (χ2v) is 12.2. The van der Waals surface area contributed by atoms with Gasteiger partial charge < -0.3 is 10.2 Å². The molecule has 3 aromatic rings. The van der Waals surface area contributed by atoms with Gasteiger partial charge in [0, 0.05) is 13.1 Å². The molecule has 3 aromatic carbocycles. The molecular formula is C31H39N3O4S. The summed E-state index contributed by atoms with van der Waals surface area (Å²) < 4.78 is 29.0. The molecule has 7 nitrogen and oxygen atoms in total. The van der Waals surface area contributed by atoms with Crippen molar-refractivity contribution in [3.8, 4) is 0 Å². The normalized spacial score (nSPS) is 12.2. The molecule has 208 valence electrons. The fourth-order valence-corrected chi connectivity index (χ4v) is 5.74. The number of hydrogen-bond donors (Lipinski definition) is 1. The van der Waals surface area contributed by atoms with Crippen molar-refractivity contribution in [2.75, 3.05) is 17.4 Å². The second kappa shape index (κ2) is 12.9. The van der Waals surface area contributed by atoms with Crippen LogP contribution in [0.3, 0.4) is 0 Å². The number of anilines is 1. The lowest BCUT2D eigenvalue weighted by molar-refractivity contribution is -0.139. The maximum Gasteiger partial charge on any atom is 0.264 e. The van der Waals surface area contributed by atoms with Gasteiger partial charge in [-0.25, -0.2) is 8.42 Å². The molecular weight excluding hydrogens is 510 g/mol. The number of nitrogens with one attached hydrogen (secondary N) is 1. The van der Waals surface area contributed by atoms with E-state index in [2.05, 4.69) is 5.32 Å². The highest BCUT2D eigenvalue weighted by molar-refractivity contribution is 7.92. The van der Waals surface area contributed by atoms with Gasteiger partial charge in [-0.3, -0.25) is 13.9 Å². The lowest BCUT2D eigenvalue weighted by atomic mass is 10.1. The van der Waals surface area contributed by atoms with Crippen LogP contribution in [0, 0.1) is 26.7 Å². The molecule has 0 radical (unpaired) electrons. The topological polar surface area (TPSA) is 86.8 Å². The molecule has 1 unspecified atom stereocenters. The van der Waals surface area contributed by atoms with Crippen LogP contribution in [-0.2, 0) is 26.2 Å². The standard InChI is InChI=1S/C31H39N3O4S/c1-22(2)19-32-31(36)26(6)33(20-27-15-11-10-13-24(27)4)30(35)21-34(29-18-12-14-23(3)25(29)5)39(37,38)28-16-8-7-9-17-28/h7-18,22,26H,19-21H2,1-6H3,(H,32,36).